The van der Waals surface area contributed by atoms with Gasteiger partial charge in [0.15, 0.2) is 0 Å². The van der Waals surface area contributed by atoms with E-state index in [1.165, 1.54) is 11.1 Å². The van der Waals surface area contributed by atoms with Gasteiger partial charge in [0.05, 0.1) is 12.8 Å². The highest BCUT2D eigenvalue weighted by Crippen LogP contribution is 2.13. The number of benzene rings is 1. The number of ether oxygens (including phenoxy) is 1. The van der Waals surface area contributed by atoms with Crippen molar-refractivity contribution in [3.63, 3.8) is 0 Å². The van der Waals surface area contributed by atoms with Crippen molar-refractivity contribution in [3.8, 4) is 0 Å². The van der Waals surface area contributed by atoms with Gasteiger partial charge in [-0.1, -0.05) is 36.8 Å². The van der Waals surface area contributed by atoms with Gasteiger partial charge < -0.3 is 14.3 Å². The Balaban J connectivity index is 1.95. The molecule has 0 spiro atoms. The Hall–Kier alpha value is -2.11. The zero-order valence-electron chi connectivity index (χ0n) is 15.0. The molecule has 0 saturated heterocycles. The first-order valence-corrected chi connectivity index (χ1v) is 8.70. The fraction of sp³-hybridized carbons (Fsp3) is 0.450. The van der Waals surface area contributed by atoms with Gasteiger partial charge in [-0.25, -0.2) is 0 Å². The third-order valence-electron chi connectivity index (χ3n) is 3.81. The van der Waals surface area contributed by atoms with Gasteiger partial charge in [0.1, 0.15) is 18.5 Å². The van der Waals surface area contributed by atoms with Crippen molar-refractivity contribution in [2.24, 2.45) is 0 Å². The molecule has 0 bridgehead atoms. The molecule has 0 radical (unpaired) electrons. The summed E-state index contributed by atoms with van der Waals surface area (Å²) in [5.41, 5.74) is 2.37. The van der Waals surface area contributed by atoms with Gasteiger partial charge in [-0.05, 0) is 31.0 Å². The van der Waals surface area contributed by atoms with E-state index in [4.69, 9.17) is 9.15 Å². The minimum absolute atomic E-state index is 0.0152. The Morgan fingerprint density at radius 1 is 1.28 bits per heavy atom. The molecule has 0 saturated carbocycles. The highest BCUT2D eigenvalue weighted by atomic mass is 16.5. The number of carbonyl (C=O) groups excluding carboxylic acids is 1. The Labute approximate surface area is 149 Å². The fourth-order valence-electron chi connectivity index (χ4n) is 2.69. The number of hydrogen-bond acceptors (Lipinski definition) is 5. The van der Waals surface area contributed by atoms with Crippen LogP contribution in [0.5, 0.6) is 0 Å². The fourth-order valence-corrected chi connectivity index (χ4v) is 2.69. The molecule has 5 nitrogen and oxygen atoms in total. The van der Waals surface area contributed by atoms with E-state index in [-0.39, 0.29) is 12.6 Å². The maximum atomic E-state index is 11.5. The third kappa shape index (κ3) is 7.11. The van der Waals surface area contributed by atoms with E-state index in [0.29, 0.717) is 26.1 Å². The number of rotatable bonds is 10. The molecule has 0 fully saturated rings. The van der Waals surface area contributed by atoms with Crippen molar-refractivity contribution < 1.29 is 19.1 Å². The van der Waals surface area contributed by atoms with Crippen LogP contribution in [0.25, 0.3) is 0 Å². The first kappa shape index (κ1) is 19.2. The van der Waals surface area contributed by atoms with Crippen LogP contribution in [-0.2, 0) is 22.6 Å². The zero-order valence-corrected chi connectivity index (χ0v) is 15.0. The van der Waals surface area contributed by atoms with Crippen molar-refractivity contribution in [2.75, 3.05) is 13.2 Å². The summed E-state index contributed by atoms with van der Waals surface area (Å²) >= 11 is 0. The normalized spacial score (nSPS) is 12.3. The number of nitrogens with zero attached hydrogens (tertiary/aromatic N) is 1. The predicted molar refractivity (Wildman–Crippen MR) is 95.9 cm³/mol. The number of esters is 1. The topological polar surface area (TPSA) is 62.9 Å². The summed E-state index contributed by atoms with van der Waals surface area (Å²) in [4.78, 5) is 13.5. The minimum atomic E-state index is -0.736. The molecular formula is C20H27NO4. The van der Waals surface area contributed by atoms with Crippen LogP contribution >= 0.6 is 0 Å². The van der Waals surface area contributed by atoms with Crippen LogP contribution in [0.15, 0.2) is 47.1 Å². The van der Waals surface area contributed by atoms with Crippen LogP contribution in [0.3, 0.4) is 0 Å². The highest BCUT2D eigenvalue weighted by Gasteiger charge is 2.16. The molecule has 0 unspecified atom stereocenters. The van der Waals surface area contributed by atoms with Crippen molar-refractivity contribution in [1.82, 2.24) is 4.90 Å². The lowest BCUT2D eigenvalue weighted by atomic mass is 10.1. The van der Waals surface area contributed by atoms with Gasteiger partial charge in [0.25, 0.3) is 0 Å². The lowest BCUT2D eigenvalue weighted by Crippen LogP contribution is -2.34. The molecule has 1 aromatic carbocycles. The van der Waals surface area contributed by atoms with Crippen LogP contribution in [0.4, 0.5) is 0 Å². The molecule has 0 amide bonds. The van der Waals surface area contributed by atoms with E-state index in [9.17, 15) is 9.90 Å². The van der Waals surface area contributed by atoms with Crippen LogP contribution in [0, 0.1) is 6.92 Å². The van der Waals surface area contributed by atoms with Crippen molar-refractivity contribution in [2.45, 2.75) is 45.9 Å². The molecule has 25 heavy (non-hydrogen) atoms. The van der Waals surface area contributed by atoms with E-state index >= 15 is 0 Å². The first-order chi connectivity index (χ1) is 12.1. The maximum Gasteiger partial charge on any atom is 0.305 e. The zero-order chi connectivity index (χ0) is 18.1. The SMILES string of the molecule is CCCC(=O)OC[C@@H](O)CN(Cc1cccc(C)c1)Cc1ccco1. The van der Waals surface area contributed by atoms with Crippen molar-refractivity contribution in [1.29, 1.82) is 0 Å². The number of aliphatic hydroxyl groups is 1. The van der Waals surface area contributed by atoms with Crippen LogP contribution < -0.4 is 0 Å². The van der Waals surface area contributed by atoms with Gasteiger partial charge >= 0.3 is 5.97 Å². The van der Waals surface area contributed by atoms with Gasteiger partial charge in [0, 0.05) is 19.5 Å². The van der Waals surface area contributed by atoms with Crippen LogP contribution in [0.1, 0.15) is 36.7 Å². The Kier molecular flexibility index (Phi) is 7.70. The average Bonchev–Trinajstić information content (AvgIpc) is 3.06. The molecular weight excluding hydrogens is 318 g/mol. The molecule has 5 heteroatoms. The number of carbonyl (C=O) groups is 1. The lowest BCUT2D eigenvalue weighted by Gasteiger charge is -2.24. The second kappa shape index (κ2) is 10.0. The third-order valence-corrected chi connectivity index (χ3v) is 3.81. The van der Waals surface area contributed by atoms with E-state index in [1.807, 2.05) is 25.1 Å². The molecule has 136 valence electrons. The van der Waals surface area contributed by atoms with E-state index in [1.54, 1.807) is 6.26 Å². The lowest BCUT2D eigenvalue weighted by molar-refractivity contribution is -0.147. The minimum Gasteiger partial charge on any atom is -0.468 e. The standard InChI is InChI=1S/C20H27NO4/c1-3-6-20(23)25-15-18(22)13-21(14-19-9-5-10-24-19)12-17-8-4-7-16(2)11-17/h4-5,7-11,18,22H,3,6,12-15H2,1-2H3/t18-/m0/s1. The van der Waals surface area contributed by atoms with Crippen molar-refractivity contribution in [3.05, 3.63) is 59.5 Å². The maximum absolute atomic E-state index is 11.5. The van der Waals surface area contributed by atoms with Gasteiger partial charge in [0.2, 0.25) is 0 Å². The Bertz CT molecular complexity index is 639. The molecule has 1 aromatic heterocycles. The number of hydrogen-bond donors (Lipinski definition) is 1. The van der Waals surface area contributed by atoms with Gasteiger partial charge in [-0.2, -0.15) is 0 Å². The summed E-state index contributed by atoms with van der Waals surface area (Å²) in [5.74, 6) is 0.570. The number of aryl methyl sites for hydroxylation is 1. The Morgan fingerprint density at radius 2 is 2.12 bits per heavy atom. The predicted octanol–water partition coefficient (Wildman–Crippen LogP) is 3.29. The van der Waals surface area contributed by atoms with Gasteiger partial charge in [-0.3, -0.25) is 9.69 Å². The smallest absolute Gasteiger partial charge is 0.305 e. The summed E-state index contributed by atoms with van der Waals surface area (Å²) in [7, 11) is 0. The largest absolute Gasteiger partial charge is 0.468 e. The molecule has 0 aliphatic heterocycles. The van der Waals surface area contributed by atoms with E-state index in [2.05, 4.69) is 30.0 Å². The Morgan fingerprint density at radius 3 is 2.80 bits per heavy atom. The molecule has 1 N–H and O–H groups in total. The monoisotopic (exact) mass is 345 g/mol. The average molecular weight is 345 g/mol. The summed E-state index contributed by atoms with van der Waals surface area (Å²) in [6, 6.07) is 12.0. The second-order valence-electron chi connectivity index (χ2n) is 6.32. The molecule has 2 rings (SSSR count). The number of aliphatic hydroxyl groups excluding tert-OH is 1. The molecule has 2 aromatic rings. The summed E-state index contributed by atoms with van der Waals surface area (Å²) in [6.45, 7) is 5.66. The van der Waals surface area contributed by atoms with Gasteiger partial charge in [-0.15, -0.1) is 0 Å². The molecule has 1 heterocycles. The van der Waals surface area contributed by atoms with Crippen LogP contribution in [-0.4, -0.2) is 35.2 Å². The summed E-state index contributed by atoms with van der Waals surface area (Å²) < 4.78 is 10.5. The molecule has 0 aliphatic rings. The van der Waals surface area contributed by atoms with Crippen molar-refractivity contribution >= 4 is 5.97 Å². The quantitative estimate of drug-likeness (QED) is 0.670. The highest BCUT2D eigenvalue weighted by molar-refractivity contribution is 5.69. The summed E-state index contributed by atoms with van der Waals surface area (Å²) in [5, 5.41) is 10.2. The van der Waals surface area contributed by atoms with E-state index < -0.39 is 6.10 Å². The van der Waals surface area contributed by atoms with Crippen LogP contribution in [0.2, 0.25) is 0 Å². The first-order valence-electron chi connectivity index (χ1n) is 8.70. The molecule has 1 atom stereocenters. The second-order valence-corrected chi connectivity index (χ2v) is 6.32. The molecule has 0 aliphatic carbocycles. The number of furan rings is 1. The summed E-state index contributed by atoms with van der Waals surface area (Å²) in [6.07, 6.45) is 2.03. The van der Waals surface area contributed by atoms with E-state index in [0.717, 1.165) is 12.2 Å².